The zero-order valence-electron chi connectivity index (χ0n) is 18.0. The molecule has 2 heterocycles. The van der Waals surface area contributed by atoms with E-state index in [1.54, 1.807) is 23.1 Å². The van der Waals surface area contributed by atoms with Gasteiger partial charge in [0.25, 0.3) is 0 Å². The molecule has 4 rings (SSSR count). The van der Waals surface area contributed by atoms with Gasteiger partial charge in [-0.1, -0.05) is 29.8 Å². The lowest BCUT2D eigenvalue weighted by Gasteiger charge is -2.20. The van der Waals surface area contributed by atoms with Crippen molar-refractivity contribution in [1.82, 2.24) is 9.29 Å². The summed E-state index contributed by atoms with van der Waals surface area (Å²) in [6.45, 7) is 6.44. The van der Waals surface area contributed by atoms with Crippen LogP contribution in [0.15, 0.2) is 65.7 Å². The van der Waals surface area contributed by atoms with Crippen LogP contribution in [0.3, 0.4) is 0 Å². The summed E-state index contributed by atoms with van der Waals surface area (Å²) in [5.74, 6) is -0.0330. The number of fused-ring (bicyclic) bond motifs is 1. The van der Waals surface area contributed by atoms with E-state index in [1.807, 2.05) is 35.9 Å². The predicted molar refractivity (Wildman–Crippen MR) is 122 cm³/mol. The number of hydrogen-bond acceptors (Lipinski definition) is 3. The minimum Gasteiger partial charge on any atom is -0.346 e. The first-order valence-corrected chi connectivity index (χ1v) is 11.8. The molecule has 0 saturated heterocycles. The zero-order chi connectivity index (χ0) is 22.2. The Balaban J connectivity index is 1.49. The van der Waals surface area contributed by atoms with Crippen molar-refractivity contribution in [2.75, 3.05) is 4.90 Å². The lowest BCUT2D eigenvalue weighted by Crippen LogP contribution is -2.33. The van der Waals surface area contributed by atoms with Crippen LogP contribution in [0.4, 0.5) is 5.69 Å². The second-order valence-corrected chi connectivity index (χ2v) is 9.94. The van der Waals surface area contributed by atoms with E-state index < -0.39 is 10.0 Å². The molecule has 1 unspecified atom stereocenters. The van der Waals surface area contributed by atoms with Crippen molar-refractivity contribution in [1.29, 1.82) is 0 Å². The van der Waals surface area contributed by atoms with Crippen LogP contribution >= 0.6 is 0 Å². The summed E-state index contributed by atoms with van der Waals surface area (Å²) in [5, 5.41) is 0. The van der Waals surface area contributed by atoms with Gasteiger partial charge in [-0.3, -0.25) is 4.79 Å². The van der Waals surface area contributed by atoms with Crippen molar-refractivity contribution in [2.45, 2.75) is 51.2 Å². The first kappa shape index (κ1) is 21.3. The molecule has 1 aliphatic heterocycles. The van der Waals surface area contributed by atoms with Gasteiger partial charge in [-0.2, -0.15) is 0 Å². The van der Waals surface area contributed by atoms with Gasteiger partial charge in [0.15, 0.2) is 0 Å². The lowest BCUT2D eigenvalue weighted by molar-refractivity contribution is -0.116. The molecule has 0 fully saturated rings. The van der Waals surface area contributed by atoms with Gasteiger partial charge in [0.05, 0.1) is 11.4 Å². The summed E-state index contributed by atoms with van der Waals surface area (Å²) in [6, 6.07) is 17.1. The normalized spacial score (nSPS) is 15.8. The third-order valence-electron chi connectivity index (χ3n) is 5.72. The summed E-state index contributed by atoms with van der Waals surface area (Å²) < 4.78 is 30.6. The van der Waals surface area contributed by atoms with E-state index in [0.29, 0.717) is 13.0 Å². The average molecular weight is 438 g/mol. The Labute approximate surface area is 183 Å². The predicted octanol–water partition coefficient (Wildman–Crippen LogP) is 3.62. The van der Waals surface area contributed by atoms with E-state index in [0.717, 1.165) is 16.9 Å². The lowest BCUT2D eigenvalue weighted by atomic mass is 10.1. The number of rotatable bonds is 6. The SMILES string of the molecule is CC(=O)N1c2ccc(S(=O)(=O)NCc3cccn3Cc3cccc(C)c3)cc2CC1C. The zero-order valence-corrected chi connectivity index (χ0v) is 18.8. The summed E-state index contributed by atoms with van der Waals surface area (Å²) in [7, 11) is -3.68. The number of amides is 1. The van der Waals surface area contributed by atoms with Gasteiger partial charge >= 0.3 is 0 Å². The van der Waals surface area contributed by atoms with Crippen LogP contribution in [0.1, 0.15) is 36.2 Å². The third-order valence-corrected chi connectivity index (χ3v) is 7.12. The first-order chi connectivity index (χ1) is 14.7. The summed E-state index contributed by atoms with van der Waals surface area (Å²) >= 11 is 0. The highest BCUT2D eigenvalue weighted by atomic mass is 32.2. The molecule has 2 aromatic carbocycles. The van der Waals surface area contributed by atoms with Crippen LogP contribution < -0.4 is 9.62 Å². The molecule has 0 aliphatic carbocycles. The Hall–Kier alpha value is -2.90. The number of benzene rings is 2. The fraction of sp³-hybridized carbons (Fsp3) is 0.292. The van der Waals surface area contributed by atoms with Gasteiger partial charge in [0, 0.05) is 37.1 Å². The number of aromatic nitrogens is 1. The number of carbonyl (C=O) groups is 1. The number of nitrogens with one attached hydrogen (secondary N) is 1. The first-order valence-electron chi connectivity index (χ1n) is 10.4. The van der Waals surface area contributed by atoms with Crippen molar-refractivity contribution in [3.63, 3.8) is 0 Å². The molecule has 3 aromatic rings. The van der Waals surface area contributed by atoms with E-state index in [1.165, 1.54) is 18.1 Å². The average Bonchev–Trinajstić information content (AvgIpc) is 3.28. The van der Waals surface area contributed by atoms with Crippen LogP contribution in [0.5, 0.6) is 0 Å². The van der Waals surface area contributed by atoms with E-state index in [2.05, 4.69) is 29.8 Å². The quantitative estimate of drug-likeness (QED) is 0.640. The van der Waals surface area contributed by atoms with Gasteiger partial charge in [-0.25, -0.2) is 13.1 Å². The van der Waals surface area contributed by atoms with E-state index in [9.17, 15) is 13.2 Å². The molecule has 1 amide bonds. The number of aryl methyl sites for hydroxylation is 1. The van der Waals surface area contributed by atoms with Crippen LogP contribution in [-0.2, 0) is 34.3 Å². The van der Waals surface area contributed by atoms with Crippen LogP contribution in [0, 0.1) is 6.92 Å². The number of carbonyl (C=O) groups excluding carboxylic acids is 1. The number of anilines is 1. The van der Waals surface area contributed by atoms with Gasteiger partial charge in [-0.05, 0) is 61.7 Å². The Kier molecular flexibility index (Phi) is 5.73. The van der Waals surface area contributed by atoms with Crippen molar-refractivity contribution in [3.05, 3.63) is 83.2 Å². The van der Waals surface area contributed by atoms with Crippen molar-refractivity contribution < 1.29 is 13.2 Å². The molecule has 1 N–H and O–H groups in total. The highest BCUT2D eigenvalue weighted by Crippen LogP contribution is 2.33. The van der Waals surface area contributed by atoms with Gasteiger partial charge < -0.3 is 9.47 Å². The maximum atomic E-state index is 12.9. The van der Waals surface area contributed by atoms with Crippen molar-refractivity contribution >= 4 is 21.6 Å². The molecular weight excluding hydrogens is 410 g/mol. The van der Waals surface area contributed by atoms with Crippen LogP contribution in [-0.4, -0.2) is 24.9 Å². The Bertz CT molecular complexity index is 1230. The largest absolute Gasteiger partial charge is 0.346 e. The standard InChI is InChI=1S/C24H27N3O3S/c1-17-6-4-7-20(12-17)16-26-11-5-8-22(26)15-25-31(29,30)23-9-10-24-21(14-23)13-18(2)27(24)19(3)28/h4-12,14,18,25H,13,15-16H2,1-3H3. The van der Waals surface area contributed by atoms with E-state index in [-0.39, 0.29) is 23.4 Å². The molecule has 31 heavy (non-hydrogen) atoms. The fourth-order valence-corrected chi connectivity index (χ4v) is 5.33. The summed E-state index contributed by atoms with van der Waals surface area (Å²) in [5.41, 5.74) is 4.94. The molecule has 1 aromatic heterocycles. The van der Waals surface area contributed by atoms with Gasteiger partial charge in [0.2, 0.25) is 15.9 Å². The highest BCUT2D eigenvalue weighted by Gasteiger charge is 2.30. The molecule has 7 heteroatoms. The number of hydrogen-bond donors (Lipinski definition) is 1. The second kappa shape index (κ2) is 8.32. The Morgan fingerprint density at radius 2 is 1.94 bits per heavy atom. The van der Waals surface area contributed by atoms with E-state index in [4.69, 9.17) is 0 Å². The molecule has 0 spiro atoms. The minimum atomic E-state index is -3.68. The van der Waals surface area contributed by atoms with Gasteiger partial charge in [0.1, 0.15) is 0 Å². The van der Waals surface area contributed by atoms with Crippen molar-refractivity contribution in [2.24, 2.45) is 0 Å². The van der Waals surface area contributed by atoms with E-state index >= 15 is 0 Å². The topological polar surface area (TPSA) is 71.4 Å². The van der Waals surface area contributed by atoms with Gasteiger partial charge in [-0.15, -0.1) is 0 Å². The smallest absolute Gasteiger partial charge is 0.240 e. The summed E-state index contributed by atoms with van der Waals surface area (Å²) in [4.78, 5) is 13.9. The Morgan fingerprint density at radius 3 is 2.68 bits per heavy atom. The Morgan fingerprint density at radius 1 is 1.13 bits per heavy atom. The number of sulfonamides is 1. The molecule has 0 radical (unpaired) electrons. The van der Waals surface area contributed by atoms with Crippen molar-refractivity contribution in [3.8, 4) is 0 Å². The monoisotopic (exact) mass is 437 g/mol. The second-order valence-electron chi connectivity index (χ2n) is 8.17. The highest BCUT2D eigenvalue weighted by molar-refractivity contribution is 7.89. The number of nitrogens with zero attached hydrogens (tertiary/aromatic N) is 2. The molecule has 0 saturated carbocycles. The van der Waals surface area contributed by atoms with Crippen LogP contribution in [0.25, 0.3) is 0 Å². The maximum Gasteiger partial charge on any atom is 0.240 e. The molecular formula is C24H27N3O3S. The van der Waals surface area contributed by atoms with Crippen LogP contribution in [0.2, 0.25) is 0 Å². The third kappa shape index (κ3) is 4.43. The summed E-state index contributed by atoms with van der Waals surface area (Å²) in [6.07, 6.45) is 2.61. The molecule has 0 bridgehead atoms. The maximum absolute atomic E-state index is 12.9. The molecule has 6 nitrogen and oxygen atoms in total. The molecule has 1 atom stereocenters. The minimum absolute atomic E-state index is 0.0308. The molecule has 1 aliphatic rings. The fourth-order valence-electron chi connectivity index (χ4n) is 4.28. The molecule has 162 valence electrons.